The van der Waals surface area contributed by atoms with E-state index in [1.54, 1.807) is 24.3 Å². The summed E-state index contributed by atoms with van der Waals surface area (Å²) in [4.78, 5) is 3.95. The molecule has 9 nitrogen and oxygen atoms in total. The summed E-state index contributed by atoms with van der Waals surface area (Å²) < 4.78 is 43.3. The number of hydrogen-bond acceptors (Lipinski definition) is 8. The molecule has 28 heavy (non-hydrogen) atoms. The SMILES string of the molecule is NC1=NN=C(N2N=C(c3ccc(Br)cc3)C[C@@]2(O)C(F)(F)F)n2ncnc2C1. The van der Waals surface area contributed by atoms with Crippen molar-refractivity contribution in [1.29, 1.82) is 0 Å². The topological polar surface area (TPSA) is 117 Å². The van der Waals surface area contributed by atoms with Crippen molar-refractivity contribution in [2.45, 2.75) is 24.7 Å². The largest absolute Gasteiger partial charge is 0.438 e. The number of hydrogen-bond donors (Lipinski definition) is 2. The van der Waals surface area contributed by atoms with Crippen molar-refractivity contribution in [1.82, 2.24) is 19.8 Å². The van der Waals surface area contributed by atoms with Gasteiger partial charge in [-0.25, -0.2) is 4.98 Å². The summed E-state index contributed by atoms with van der Waals surface area (Å²) in [5.74, 6) is -0.203. The van der Waals surface area contributed by atoms with Gasteiger partial charge in [-0.3, -0.25) is 0 Å². The molecule has 1 aromatic carbocycles. The molecule has 0 amide bonds. The number of halogens is 4. The van der Waals surface area contributed by atoms with Crippen LogP contribution in [-0.2, 0) is 6.42 Å². The van der Waals surface area contributed by atoms with Crippen molar-refractivity contribution in [3.05, 3.63) is 46.5 Å². The number of fused-ring (bicyclic) bond motifs is 1. The Kier molecular flexibility index (Phi) is 4.23. The van der Waals surface area contributed by atoms with E-state index in [1.165, 1.54) is 0 Å². The lowest BCUT2D eigenvalue weighted by atomic mass is 10.0. The zero-order chi connectivity index (χ0) is 20.1. The molecule has 0 saturated carbocycles. The molecule has 0 spiro atoms. The van der Waals surface area contributed by atoms with Gasteiger partial charge >= 0.3 is 6.18 Å². The Bertz CT molecular complexity index is 1010. The summed E-state index contributed by atoms with van der Waals surface area (Å²) >= 11 is 3.27. The maximum absolute atomic E-state index is 13.9. The quantitative estimate of drug-likeness (QED) is 0.672. The minimum absolute atomic E-state index is 0.0258. The Balaban J connectivity index is 1.85. The van der Waals surface area contributed by atoms with Crippen molar-refractivity contribution in [2.24, 2.45) is 21.0 Å². The Hall–Kier alpha value is -2.80. The number of rotatable bonds is 1. The van der Waals surface area contributed by atoms with Gasteiger partial charge in [0.15, 0.2) is 0 Å². The summed E-state index contributed by atoms with van der Waals surface area (Å²) in [7, 11) is 0. The summed E-state index contributed by atoms with van der Waals surface area (Å²) in [6.07, 6.45) is -4.67. The first-order valence-electron chi connectivity index (χ1n) is 7.91. The molecule has 0 bridgehead atoms. The second-order valence-electron chi connectivity index (χ2n) is 6.11. The lowest BCUT2D eigenvalue weighted by Gasteiger charge is -2.33. The van der Waals surface area contributed by atoms with Crippen LogP contribution in [0.5, 0.6) is 0 Å². The minimum atomic E-state index is -5.04. The number of amidine groups is 1. The first kappa shape index (κ1) is 18.6. The van der Waals surface area contributed by atoms with Gasteiger partial charge in [0.1, 0.15) is 18.0 Å². The number of benzene rings is 1. The van der Waals surface area contributed by atoms with Crippen LogP contribution >= 0.6 is 15.9 Å². The molecule has 0 fully saturated rings. The van der Waals surface area contributed by atoms with E-state index < -0.39 is 24.3 Å². The molecule has 0 aliphatic carbocycles. The van der Waals surface area contributed by atoms with Gasteiger partial charge in [0.05, 0.1) is 18.6 Å². The van der Waals surface area contributed by atoms with Crippen molar-refractivity contribution < 1.29 is 18.3 Å². The second-order valence-corrected chi connectivity index (χ2v) is 7.03. The molecule has 1 atom stereocenters. The fraction of sp³-hybridized carbons (Fsp3) is 0.267. The molecule has 3 heterocycles. The molecular formula is C15H12BrF3N8O. The predicted octanol–water partition coefficient (Wildman–Crippen LogP) is 1.43. The number of hydrazone groups is 1. The highest BCUT2D eigenvalue weighted by Crippen LogP contribution is 2.41. The number of nitrogens with two attached hydrogens (primary N) is 1. The van der Waals surface area contributed by atoms with Crippen LogP contribution in [-0.4, -0.2) is 54.3 Å². The monoisotopic (exact) mass is 456 g/mol. The Morgan fingerprint density at radius 1 is 1.18 bits per heavy atom. The fourth-order valence-electron chi connectivity index (χ4n) is 2.81. The number of nitrogens with zero attached hydrogens (tertiary/aromatic N) is 7. The van der Waals surface area contributed by atoms with E-state index in [4.69, 9.17) is 5.73 Å². The Morgan fingerprint density at radius 3 is 2.57 bits per heavy atom. The van der Waals surface area contributed by atoms with Crippen molar-refractivity contribution in [2.75, 3.05) is 0 Å². The summed E-state index contributed by atoms with van der Waals surface area (Å²) in [6.45, 7) is 0. The zero-order valence-electron chi connectivity index (χ0n) is 14.0. The van der Waals surface area contributed by atoms with Gasteiger partial charge in [-0.1, -0.05) is 28.1 Å². The third kappa shape index (κ3) is 2.96. The molecular weight excluding hydrogens is 445 g/mol. The standard InChI is InChI=1S/C15H12BrF3N8O/c16-9-3-1-8(2-4-9)10-6-14(28,15(17,18)19)27(25-10)13-24-23-11(20)5-12-21-7-22-26(12)13/h1-4,7,28H,5-6H2,(H2,20,23)/t14-/m1/s1. The third-order valence-electron chi connectivity index (χ3n) is 4.22. The van der Waals surface area contributed by atoms with E-state index in [9.17, 15) is 18.3 Å². The Labute approximate surface area is 164 Å². The maximum atomic E-state index is 13.9. The van der Waals surface area contributed by atoms with E-state index in [1.807, 2.05) is 0 Å². The van der Waals surface area contributed by atoms with Gasteiger partial charge in [0, 0.05) is 4.47 Å². The van der Waals surface area contributed by atoms with Gasteiger partial charge in [-0.05, 0) is 17.7 Å². The molecule has 146 valence electrons. The number of aromatic nitrogens is 3. The van der Waals surface area contributed by atoms with Crippen LogP contribution in [0, 0.1) is 0 Å². The van der Waals surface area contributed by atoms with Crippen LogP contribution in [0.1, 0.15) is 17.8 Å². The first-order valence-corrected chi connectivity index (χ1v) is 8.70. The number of alkyl halides is 3. The average Bonchev–Trinajstić information content (AvgIpc) is 3.18. The predicted molar refractivity (Wildman–Crippen MR) is 96.3 cm³/mol. The van der Waals surface area contributed by atoms with Gasteiger partial charge < -0.3 is 10.8 Å². The van der Waals surface area contributed by atoms with E-state index in [0.717, 1.165) is 15.5 Å². The molecule has 2 aromatic rings. The summed E-state index contributed by atoms with van der Waals surface area (Å²) in [5, 5.41) is 26.3. The van der Waals surface area contributed by atoms with Crippen LogP contribution in [0.3, 0.4) is 0 Å². The highest BCUT2D eigenvalue weighted by Gasteiger charge is 2.63. The van der Waals surface area contributed by atoms with Crippen molar-refractivity contribution in [3.63, 3.8) is 0 Å². The second kappa shape index (κ2) is 6.38. The highest BCUT2D eigenvalue weighted by molar-refractivity contribution is 9.10. The lowest BCUT2D eigenvalue weighted by molar-refractivity contribution is -0.295. The van der Waals surface area contributed by atoms with Crippen LogP contribution in [0.15, 0.2) is 50.4 Å². The van der Waals surface area contributed by atoms with Crippen molar-refractivity contribution in [3.8, 4) is 0 Å². The smallest absolute Gasteiger partial charge is 0.385 e. The molecule has 3 N–H and O–H groups in total. The molecule has 1 aromatic heterocycles. The van der Waals surface area contributed by atoms with Crippen molar-refractivity contribution >= 4 is 33.4 Å². The van der Waals surface area contributed by atoms with Gasteiger partial charge in [-0.2, -0.15) is 33.1 Å². The molecule has 4 rings (SSSR count). The number of aliphatic hydroxyl groups is 1. The lowest BCUT2D eigenvalue weighted by Crippen LogP contribution is -2.58. The van der Waals surface area contributed by atoms with E-state index in [2.05, 4.69) is 41.3 Å². The first-order chi connectivity index (χ1) is 13.2. The zero-order valence-corrected chi connectivity index (χ0v) is 15.6. The van der Waals surface area contributed by atoms with Gasteiger partial charge in [0.25, 0.3) is 11.7 Å². The van der Waals surface area contributed by atoms with E-state index in [-0.39, 0.29) is 23.8 Å². The van der Waals surface area contributed by atoms with Crippen LogP contribution in [0.25, 0.3) is 0 Å². The fourth-order valence-corrected chi connectivity index (χ4v) is 3.08. The average molecular weight is 457 g/mol. The molecule has 0 saturated heterocycles. The normalized spacial score (nSPS) is 22.3. The van der Waals surface area contributed by atoms with Crippen LogP contribution in [0.4, 0.5) is 13.2 Å². The van der Waals surface area contributed by atoms with E-state index in [0.29, 0.717) is 10.6 Å². The summed E-state index contributed by atoms with van der Waals surface area (Å²) in [5.41, 5.74) is 2.78. The minimum Gasteiger partial charge on any atom is -0.385 e. The molecule has 2 aliphatic heterocycles. The summed E-state index contributed by atoms with van der Waals surface area (Å²) in [6, 6.07) is 6.51. The third-order valence-corrected chi connectivity index (χ3v) is 4.75. The maximum Gasteiger partial charge on any atom is 0.438 e. The van der Waals surface area contributed by atoms with Crippen LogP contribution < -0.4 is 5.73 Å². The highest BCUT2D eigenvalue weighted by atomic mass is 79.9. The molecule has 0 unspecified atom stereocenters. The Morgan fingerprint density at radius 2 is 1.89 bits per heavy atom. The van der Waals surface area contributed by atoms with Crippen LogP contribution in [0.2, 0.25) is 0 Å². The molecule has 2 aliphatic rings. The molecule has 13 heteroatoms. The van der Waals surface area contributed by atoms with E-state index >= 15 is 0 Å². The van der Waals surface area contributed by atoms with Gasteiger partial charge in [-0.15, -0.1) is 10.2 Å². The molecule has 0 radical (unpaired) electrons. The van der Waals surface area contributed by atoms with Gasteiger partial charge in [0.2, 0.25) is 0 Å².